The number of hydrogen-bond donors (Lipinski definition) is 3. The SMILES string of the molecule is C[C@@H]1/C=C/C[C@H](NC(=O)OC(C)(C)C)c2cc(ccn2)-c2ccc(C(=O)O)cc2NC1=O. The minimum atomic E-state index is -1.09. The summed E-state index contributed by atoms with van der Waals surface area (Å²) in [7, 11) is 0. The van der Waals surface area contributed by atoms with E-state index in [1.807, 2.05) is 12.1 Å². The fourth-order valence-electron chi connectivity index (χ4n) is 3.30. The van der Waals surface area contributed by atoms with Gasteiger partial charge in [0.1, 0.15) is 5.60 Å². The minimum Gasteiger partial charge on any atom is -0.478 e. The van der Waals surface area contributed by atoms with Gasteiger partial charge in [-0.15, -0.1) is 0 Å². The third-order valence-corrected chi connectivity index (χ3v) is 4.87. The van der Waals surface area contributed by atoms with E-state index in [2.05, 4.69) is 15.6 Å². The Morgan fingerprint density at radius 1 is 1.22 bits per heavy atom. The Kier molecular flexibility index (Phi) is 6.62. The number of carboxylic acid groups (broad SMARTS) is 1. The highest BCUT2D eigenvalue weighted by Gasteiger charge is 2.23. The van der Waals surface area contributed by atoms with Crippen LogP contribution in [0.2, 0.25) is 0 Å². The number of ether oxygens (including phenoxy) is 1. The molecule has 1 aliphatic rings. The second-order valence-electron chi connectivity index (χ2n) is 8.68. The molecular formula is C24H27N3O5. The van der Waals surface area contributed by atoms with Crippen LogP contribution in [0.25, 0.3) is 11.1 Å². The lowest BCUT2D eigenvalue weighted by molar-refractivity contribution is -0.118. The monoisotopic (exact) mass is 437 g/mol. The first-order chi connectivity index (χ1) is 15.0. The van der Waals surface area contributed by atoms with Gasteiger partial charge in [-0.3, -0.25) is 9.78 Å². The van der Waals surface area contributed by atoms with Crippen LogP contribution in [-0.2, 0) is 9.53 Å². The highest BCUT2D eigenvalue weighted by atomic mass is 16.6. The number of fused-ring (bicyclic) bond motifs is 4. The Morgan fingerprint density at radius 3 is 2.66 bits per heavy atom. The quantitative estimate of drug-likeness (QED) is 0.594. The van der Waals surface area contributed by atoms with E-state index in [0.29, 0.717) is 23.4 Å². The average Bonchev–Trinajstić information content (AvgIpc) is 2.71. The van der Waals surface area contributed by atoms with Crippen LogP contribution in [0.4, 0.5) is 10.5 Å². The summed E-state index contributed by atoms with van der Waals surface area (Å²) in [5, 5.41) is 15.1. The first-order valence-electron chi connectivity index (χ1n) is 10.3. The third kappa shape index (κ3) is 5.72. The van der Waals surface area contributed by atoms with Crippen LogP contribution in [-0.4, -0.2) is 33.7 Å². The number of aromatic carboxylic acids is 1. The van der Waals surface area contributed by atoms with Gasteiger partial charge in [-0.2, -0.15) is 0 Å². The molecule has 0 saturated carbocycles. The van der Waals surface area contributed by atoms with Crippen molar-refractivity contribution in [3.63, 3.8) is 0 Å². The van der Waals surface area contributed by atoms with Crippen molar-refractivity contribution >= 4 is 23.7 Å². The number of aromatic nitrogens is 1. The molecule has 8 nitrogen and oxygen atoms in total. The van der Waals surface area contributed by atoms with Gasteiger partial charge < -0.3 is 20.5 Å². The van der Waals surface area contributed by atoms with Crippen LogP contribution in [0.1, 0.15) is 56.2 Å². The van der Waals surface area contributed by atoms with E-state index in [4.69, 9.17) is 4.74 Å². The topological polar surface area (TPSA) is 118 Å². The molecule has 168 valence electrons. The van der Waals surface area contributed by atoms with Crippen molar-refractivity contribution < 1.29 is 24.2 Å². The van der Waals surface area contributed by atoms with Gasteiger partial charge in [-0.25, -0.2) is 9.59 Å². The van der Waals surface area contributed by atoms with Crippen LogP contribution in [0.3, 0.4) is 0 Å². The van der Waals surface area contributed by atoms with E-state index in [1.165, 1.54) is 12.1 Å². The fraction of sp³-hybridized carbons (Fsp3) is 0.333. The van der Waals surface area contributed by atoms with Gasteiger partial charge >= 0.3 is 12.1 Å². The van der Waals surface area contributed by atoms with Crippen molar-refractivity contribution in [3.05, 3.63) is 59.9 Å². The van der Waals surface area contributed by atoms with E-state index in [1.54, 1.807) is 52.1 Å². The molecule has 0 unspecified atom stereocenters. The second kappa shape index (κ2) is 9.21. The lowest BCUT2D eigenvalue weighted by Crippen LogP contribution is -2.35. The molecule has 0 radical (unpaired) electrons. The maximum atomic E-state index is 12.7. The molecule has 1 aliphatic heterocycles. The Labute approximate surface area is 186 Å². The summed E-state index contributed by atoms with van der Waals surface area (Å²) in [4.78, 5) is 41.0. The smallest absolute Gasteiger partial charge is 0.408 e. The van der Waals surface area contributed by atoms with E-state index >= 15 is 0 Å². The Hall–Kier alpha value is -3.68. The number of anilines is 1. The Bertz CT molecular complexity index is 1070. The fourth-order valence-corrected chi connectivity index (χ4v) is 3.30. The molecule has 2 amide bonds. The van der Waals surface area contributed by atoms with E-state index in [-0.39, 0.29) is 11.5 Å². The summed E-state index contributed by atoms with van der Waals surface area (Å²) >= 11 is 0. The number of carboxylic acids is 1. The van der Waals surface area contributed by atoms with Crippen molar-refractivity contribution in [1.82, 2.24) is 10.3 Å². The summed E-state index contributed by atoms with van der Waals surface area (Å²) in [5.74, 6) is -1.82. The van der Waals surface area contributed by atoms with Crippen molar-refractivity contribution in [2.75, 3.05) is 5.32 Å². The lowest BCUT2D eigenvalue weighted by Gasteiger charge is -2.23. The van der Waals surface area contributed by atoms with Gasteiger partial charge in [0, 0.05) is 17.4 Å². The number of carbonyl (C=O) groups is 3. The Morgan fingerprint density at radius 2 is 1.97 bits per heavy atom. The number of carbonyl (C=O) groups excluding carboxylic acids is 2. The summed E-state index contributed by atoms with van der Waals surface area (Å²) in [5.41, 5.74) is 1.82. The molecule has 0 fully saturated rings. The molecule has 1 aromatic heterocycles. The van der Waals surface area contributed by atoms with E-state index in [0.717, 1.165) is 5.56 Å². The van der Waals surface area contributed by atoms with Gasteiger partial charge in [0.2, 0.25) is 5.91 Å². The normalized spacial score (nSPS) is 19.4. The van der Waals surface area contributed by atoms with Gasteiger partial charge in [0.25, 0.3) is 0 Å². The van der Waals surface area contributed by atoms with Gasteiger partial charge in [-0.1, -0.05) is 25.1 Å². The molecule has 2 atom stereocenters. The predicted octanol–water partition coefficient (Wildman–Crippen LogP) is 4.55. The van der Waals surface area contributed by atoms with Crippen LogP contribution in [0, 0.1) is 5.92 Å². The largest absolute Gasteiger partial charge is 0.478 e. The summed E-state index contributed by atoms with van der Waals surface area (Å²) in [6.45, 7) is 7.10. The van der Waals surface area contributed by atoms with Crippen molar-refractivity contribution in [3.8, 4) is 11.1 Å². The van der Waals surface area contributed by atoms with Crippen LogP contribution < -0.4 is 10.6 Å². The molecule has 0 saturated heterocycles. The maximum absolute atomic E-state index is 12.7. The average molecular weight is 437 g/mol. The molecule has 3 rings (SSSR count). The number of rotatable bonds is 2. The van der Waals surface area contributed by atoms with Gasteiger partial charge in [0.15, 0.2) is 0 Å². The number of nitrogens with zero attached hydrogens (tertiary/aromatic N) is 1. The zero-order valence-corrected chi connectivity index (χ0v) is 18.5. The number of alkyl carbamates (subject to hydrolysis) is 1. The first-order valence-corrected chi connectivity index (χ1v) is 10.3. The molecule has 0 spiro atoms. The molecule has 1 aromatic carbocycles. The summed E-state index contributed by atoms with van der Waals surface area (Å²) in [6.07, 6.45) is 5.02. The number of nitrogens with one attached hydrogen (secondary N) is 2. The number of pyridine rings is 1. The first kappa shape index (κ1) is 23.0. The molecule has 8 heteroatoms. The van der Waals surface area contributed by atoms with Crippen molar-refractivity contribution in [2.24, 2.45) is 5.92 Å². The lowest BCUT2D eigenvalue weighted by atomic mass is 9.98. The van der Waals surface area contributed by atoms with Crippen LogP contribution >= 0.6 is 0 Å². The predicted molar refractivity (Wildman–Crippen MR) is 120 cm³/mol. The Balaban J connectivity index is 2.07. The summed E-state index contributed by atoms with van der Waals surface area (Å²) < 4.78 is 5.39. The number of benzene rings is 1. The molecule has 2 heterocycles. The van der Waals surface area contributed by atoms with Gasteiger partial charge in [-0.05, 0) is 57.0 Å². The molecule has 32 heavy (non-hydrogen) atoms. The van der Waals surface area contributed by atoms with Crippen molar-refractivity contribution in [1.29, 1.82) is 0 Å². The maximum Gasteiger partial charge on any atom is 0.408 e. The van der Waals surface area contributed by atoms with E-state index < -0.39 is 29.6 Å². The standard InChI is InChI=1S/C24H27N3O5/c1-14-6-5-7-18(27-23(31)32-24(2,3)4)20-12-15(10-11-25-20)17-9-8-16(22(29)30)13-19(17)26-21(14)28/h5-6,8-14,18H,7H2,1-4H3,(H,26,28)(H,27,31)(H,29,30)/b6-5+/t14-,18+/m1/s1. The van der Waals surface area contributed by atoms with Crippen LogP contribution in [0.5, 0.6) is 0 Å². The molecule has 3 N–H and O–H groups in total. The number of hydrogen-bond acceptors (Lipinski definition) is 5. The van der Waals surface area contributed by atoms with E-state index in [9.17, 15) is 19.5 Å². The third-order valence-electron chi connectivity index (χ3n) is 4.87. The number of amides is 2. The second-order valence-corrected chi connectivity index (χ2v) is 8.68. The molecule has 2 aromatic rings. The van der Waals surface area contributed by atoms with Gasteiger partial charge in [0.05, 0.1) is 23.2 Å². The molecule has 2 bridgehead atoms. The van der Waals surface area contributed by atoms with Crippen LogP contribution in [0.15, 0.2) is 48.7 Å². The summed E-state index contributed by atoms with van der Waals surface area (Å²) in [6, 6.07) is 7.68. The minimum absolute atomic E-state index is 0.0677. The zero-order chi connectivity index (χ0) is 23.5. The molecular weight excluding hydrogens is 410 g/mol. The highest BCUT2D eigenvalue weighted by Crippen LogP contribution is 2.32. The zero-order valence-electron chi connectivity index (χ0n) is 18.5. The van der Waals surface area contributed by atoms with Crippen molar-refractivity contribution in [2.45, 2.75) is 45.8 Å². The highest BCUT2D eigenvalue weighted by molar-refractivity contribution is 6.00. The molecule has 0 aliphatic carbocycles.